The van der Waals surface area contributed by atoms with Gasteiger partial charge >= 0.3 is 0 Å². The van der Waals surface area contributed by atoms with Crippen molar-refractivity contribution in [2.24, 2.45) is 5.41 Å². The van der Waals surface area contributed by atoms with Gasteiger partial charge in [0.1, 0.15) is 0 Å². The highest BCUT2D eigenvalue weighted by atomic mass is 35.5. The summed E-state index contributed by atoms with van der Waals surface area (Å²) in [4.78, 5) is 11.3. The predicted octanol–water partition coefficient (Wildman–Crippen LogP) is 5.27. The van der Waals surface area contributed by atoms with Gasteiger partial charge in [0.15, 0.2) is 0 Å². The van der Waals surface area contributed by atoms with E-state index in [1.807, 2.05) is 0 Å². The first-order chi connectivity index (χ1) is 8.51. The lowest BCUT2D eigenvalue weighted by molar-refractivity contribution is -0.112. The van der Waals surface area contributed by atoms with Crippen LogP contribution in [0.3, 0.4) is 0 Å². The van der Waals surface area contributed by atoms with Crippen LogP contribution in [0.4, 0.5) is 0 Å². The third-order valence-corrected chi connectivity index (χ3v) is 3.74. The van der Waals surface area contributed by atoms with Crippen molar-refractivity contribution in [1.82, 2.24) is 0 Å². The molecule has 0 aliphatic carbocycles. The average Bonchev–Trinajstić information content (AvgIpc) is 2.23. The molecule has 0 bridgehead atoms. The lowest BCUT2D eigenvalue weighted by Crippen LogP contribution is -2.20. The molecule has 0 aromatic heterocycles. The van der Waals surface area contributed by atoms with Crippen molar-refractivity contribution in [1.29, 1.82) is 0 Å². The highest BCUT2D eigenvalue weighted by molar-refractivity contribution is 6.63. The topological polar surface area (TPSA) is 17.1 Å². The van der Waals surface area contributed by atoms with E-state index in [1.165, 1.54) is 11.1 Å². The number of rotatable bonds is 3. The van der Waals surface area contributed by atoms with Gasteiger partial charge in [-0.05, 0) is 39.5 Å². The van der Waals surface area contributed by atoms with E-state index in [0.717, 1.165) is 0 Å². The summed E-state index contributed by atoms with van der Waals surface area (Å²) < 4.78 is 0. The first-order valence-electron chi connectivity index (χ1n) is 6.80. The highest BCUT2D eigenvalue weighted by Gasteiger charge is 2.28. The Hall–Kier alpha value is -0.820. The van der Waals surface area contributed by atoms with Crippen LogP contribution in [0.15, 0.2) is 24.3 Å². The molecule has 0 aliphatic heterocycles. The summed E-state index contributed by atoms with van der Waals surface area (Å²) >= 11 is 5.59. The van der Waals surface area contributed by atoms with Gasteiger partial charge in [0.25, 0.3) is 0 Å². The Morgan fingerprint density at radius 2 is 1.53 bits per heavy atom. The van der Waals surface area contributed by atoms with E-state index in [0.29, 0.717) is 6.42 Å². The Kier molecular flexibility index (Phi) is 4.84. The minimum absolute atomic E-state index is 0.0216. The molecule has 1 rings (SSSR count). The number of halogens is 1. The van der Waals surface area contributed by atoms with E-state index in [-0.39, 0.29) is 22.0 Å². The Balaban J connectivity index is 3.08. The van der Waals surface area contributed by atoms with Crippen molar-refractivity contribution in [3.8, 4) is 0 Å². The largest absolute Gasteiger partial charge is 0.281 e. The molecule has 1 nitrogen and oxygen atoms in total. The predicted molar refractivity (Wildman–Crippen MR) is 82.8 cm³/mol. The van der Waals surface area contributed by atoms with Gasteiger partial charge in [0.2, 0.25) is 5.24 Å². The van der Waals surface area contributed by atoms with Crippen molar-refractivity contribution >= 4 is 16.8 Å². The summed E-state index contributed by atoms with van der Waals surface area (Å²) in [7, 11) is 0. The van der Waals surface area contributed by atoms with Crippen LogP contribution in [0.25, 0.3) is 0 Å². The Labute approximate surface area is 122 Å². The van der Waals surface area contributed by atoms with E-state index >= 15 is 0 Å². The second-order valence-electron chi connectivity index (χ2n) is 7.35. The zero-order valence-corrected chi connectivity index (χ0v) is 13.6. The molecule has 106 valence electrons. The number of benzene rings is 1. The van der Waals surface area contributed by atoms with Crippen molar-refractivity contribution in [2.75, 3.05) is 0 Å². The van der Waals surface area contributed by atoms with Crippen LogP contribution < -0.4 is 0 Å². The Morgan fingerprint density at radius 3 is 1.84 bits per heavy atom. The summed E-state index contributed by atoms with van der Waals surface area (Å²) in [5, 5.41) is -0.264. The molecule has 0 radical (unpaired) electrons. The second kappa shape index (κ2) is 5.66. The summed E-state index contributed by atoms with van der Waals surface area (Å²) in [6.07, 6.45) is 0.389. The van der Waals surface area contributed by atoms with Gasteiger partial charge in [-0.2, -0.15) is 0 Å². The second-order valence-corrected chi connectivity index (χ2v) is 7.77. The first kappa shape index (κ1) is 16.2. The van der Waals surface area contributed by atoms with Crippen molar-refractivity contribution < 1.29 is 4.79 Å². The van der Waals surface area contributed by atoms with Gasteiger partial charge in [-0.3, -0.25) is 4.79 Å². The number of carbonyl (C=O) groups excluding carboxylic acids is 1. The number of hydrogen-bond donors (Lipinski definition) is 0. The van der Waals surface area contributed by atoms with Crippen LogP contribution in [0.5, 0.6) is 0 Å². The molecule has 0 saturated carbocycles. The van der Waals surface area contributed by atoms with E-state index in [1.54, 1.807) is 0 Å². The van der Waals surface area contributed by atoms with E-state index in [2.05, 4.69) is 65.8 Å². The molecule has 0 amide bonds. The lowest BCUT2D eigenvalue weighted by Gasteiger charge is -2.31. The van der Waals surface area contributed by atoms with Crippen LogP contribution in [0, 0.1) is 5.41 Å². The molecule has 0 fully saturated rings. The molecule has 19 heavy (non-hydrogen) atoms. The molecule has 0 saturated heterocycles. The molecule has 2 heteroatoms. The maximum Gasteiger partial charge on any atom is 0.222 e. The smallest absolute Gasteiger partial charge is 0.222 e. The monoisotopic (exact) mass is 280 g/mol. The zero-order valence-electron chi connectivity index (χ0n) is 12.9. The summed E-state index contributed by atoms with van der Waals surface area (Å²) in [6, 6.07) is 8.59. The first-order valence-corrected chi connectivity index (χ1v) is 7.18. The van der Waals surface area contributed by atoms with Gasteiger partial charge in [-0.1, -0.05) is 65.8 Å². The van der Waals surface area contributed by atoms with Crippen molar-refractivity contribution in [2.45, 2.75) is 59.3 Å². The maximum absolute atomic E-state index is 11.3. The summed E-state index contributed by atoms with van der Waals surface area (Å²) in [5.41, 5.74) is 2.67. The minimum atomic E-state index is -0.264. The van der Waals surface area contributed by atoms with Crippen LogP contribution in [-0.4, -0.2) is 5.24 Å². The normalized spacial score (nSPS) is 14.3. The number of hydrogen-bond acceptors (Lipinski definition) is 1. The Bertz CT molecular complexity index is 432. The van der Waals surface area contributed by atoms with E-state index < -0.39 is 0 Å². The molecule has 0 aliphatic rings. The van der Waals surface area contributed by atoms with Crippen LogP contribution in [0.1, 0.15) is 65.0 Å². The quantitative estimate of drug-likeness (QED) is 0.690. The van der Waals surface area contributed by atoms with Crippen LogP contribution in [0.2, 0.25) is 0 Å². The molecular weight excluding hydrogens is 256 g/mol. The average molecular weight is 281 g/mol. The minimum Gasteiger partial charge on any atom is -0.281 e. The molecule has 0 N–H and O–H groups in total. The fourth-order valence-corrected chi connectivity index (χ4v) is 2.45. The lowest BCUT2D eigenvalue weighted by atomic mass is 9.74. The third-order valence-electron chi connectivity index (χ3n) is 3.59. The molecule has 0 spiro atoms. The van der Waals surface area contributed by atoms with Gasteiger partial charge in [-0.25, -0.2) is 0 Å². The van der Waals surface area contributed by atoms with Gasteiger partial charge in [0, 0.05) is 6.42 Å². The zero-order chi connectivity index (χ0) is 14.8. The summed E-state index contributed by atoms with van der Waals surface area (Å²) in [5.74, 6) is 0.159. The van der Waals surface area contributed by atoms with Crippen molar-refractivity contribution in [3.05, 3.63) is 35.4 Å². The van der Waals surface area contributed by atoms with Crippen LogP contribution >= 0.6 is 11.6 Å². The highest BCUT2D eigenvalue weighted by Crippen LogP contribution is 2.38. The Morgan fingerprint density at radius 1 is 1.05 bits per heavy atom. The molecule has 1 aromatic carbocycles. The molecular formula is C17H25ClO. The molecule has 0 heterocycles. The van der Waals surface area contributed by atoms with Crippen molar-refractivity contribution in [3.63, 3.8) is 0 Å². The summed E-state index contributed by atoms with van der Waals surface area (Å²) in [6.45, 7) is 13.0. The molecule has 1 unspecified atom stereocenters. The standard InChI is InChI=1S/C17H25ClO/c1-16(2,3)13-9-7-12(8-10-13)14(11-15(18)19)17(4,5)6/h7-10,14H,11H2,1-6H3. The SMILES string of the molecule is CC(C)(C)c1ccc(C(CC(=O)Cl)C(C)(C)C)cc1. The number of carbonyl (C=O) groups is 1. The van der Waals surface area contributed by atoms with Gasteiger partial charge in [0.05, 0.1) is 0 Å². The molecule has 1 atom stereocenters. The molecule has 1 aromatic rings. The maximum atomic E-state index is 11.3. The van der Waals surface area contributed by atoms with Gasteiger partial charge < -0.3 is 0 Å². The van der Waals surface area contributed by atoms with Crippen LogP contribution in [-0.2, 0) is 10.2 Å². The fraction of sp³-hybridized carbons (Fsp3) is 0.588. The fourth-order valence-electron chi connectivity index (χ4n) is 2.30. The van der Waals surface area contributed by atoms with Gasteiger partial charge in [-0.15, -0.1) is 0 Å². The van der Waals surface area contributed by atoms with E-state index in [9.17, 15) is 4.79 Å². The van der Waals surface area contributed by atoms with E-state index in [4.69, 9.17) is 11.6 Å². The third kappa shape index (κ3) is 4.65.